The molecule has 0 bridgehead atoms. The average molecular weight is 334 g/mol. The van der Waals surface area contributed by atoms with Crippen molar-refractivity contribution in [1.29, 1.82) is 0 Å². The lowest BCUT2D eigenvalue weighted by Gasteiger charge is -2.19. The molecule has 0 radical (unpaired) electrons. The molecule has 2 aromatic rings. The van der Waals surface area contributed by atoms with Gasteiger partial charge in [-0.3, -0.25) is 4.79 Å². The number of amides is 1. The van der Waals surface area contributed by atoms with E-state index >= 15 is 0 Å². The standard InChI is InChI=1S/C11H12ClN3O3S2/c1-4(2)6(11(17)18-3)13-9(16)5-7-10(14-15-20-7)19-8(5)12/h4,6H,1-3H3,(H,13,16). The Morgan fingerprint density at radius 2 is 2.10 bits per heavy atom. The molecule has 2 heterocycles. The highest BCUT2D eigenvalue weighted by Crippen LogP contribution is 2.35. The van der Waals surface area contributed by atoms with E-state index in [4.69, 9.17) is 11.6 Å². The summed E-state index contributed by atoms with van der Waals surface area (Å²) in [7, 11) is 1.28. The number of carbonyl (C=O) groups excluding carboxylic acids is 2. The molecule has 1 unspecified atom stereocenters. The third-order valence-corrected chi connectivity index (χ3v) is 4.86. The topological polar surface area (TPSA) is 81.2 Å². The summed E-state index contributed by atoms with van der Waals surface area (Å²) in [6.45, 7) is 3.64. The number of halogens is 1. The SMILES string of the molecule is COC(=O)C(NC(=O)c1c(Cl)sc2nnsc12)C(C)C. The second kappa shape index (κ2) is 6.02. The van der Waals surface area contributed by atoms with Crippen LogP contribution in [0.3, 0.4) is 0 Å². The zero-order chi connectivity index (χ0) is 14.9. The maximum atomic E-state index is 12.3. The van der Waals surface area contributed by atoms with Gasteiger partial charge in [-0.05, 0) is 17.5 Å². The summed E-state index contributed by atoms with van der Waals surface area (Å²) in [6, 6.07) is -0.723. The van der Waals surface area contributed by atoms with Crippen molar-refractivity contribution >= 4 is 55.9 Å². The van der Waals surface area contributed by atoms with Crippen molar-refractivity contribution in [2.75, 3.05) is 7.11 Å². The number of fused-ring (bicyclic) bond motifs is 1. The van der Waals surface area contributed by atoms with Crippen LogP contribution in [-0.4, -0.2) is 34.6 Å². The quantitative estimate of drug-likeness (QED) is 0.868. The number of hydrogen-bond acceptors (Lipinski definition) is 7. The minimum Gasteiger partial charge on any atom is -0.467 e. The van der Waals surface area contributed by atoms with Gasteiger partial charge in [-0.2, -0.15) is 0 Å². The fourth-order valence-electron chi connectivity index (χ4n) is 1.66. The normalized spacial score (nSPS) is 12.7. The fourth-order valence-corrected chi connectivity index (χ4v) is 3.82. The Bertz CT molecular complexity index is 652. The van der Waals surface area contributed by atoms with Gasteiger partial charge in [-0.15, -0.1) is 5.10 Å². The Labute approximate surface area is 128 Å². The van der Waals surface area contributed by atoms with E-state index in [1.54, 1.807) is 0 Å². The summed E-state index contributed by atoms with van der Waals surface area (Å²) in [5.41, 5.74) is 0.316. The highest BCUT2D eigenvalue weighted by Gasteiger charge is 2.28. The molecule has 20 heavy (non-hydrogen) atoms. The molecule has 0 aliphatic rings. The molecule has 0 aliphatic carbocycles. The van der Waals surface area contributed by atoms with Crippen LogP contribution in [-0.2, 0) is 9.53 Å². The van der Waals surface area contributed by atoms with Gasteiger partial charge in [0.05, 0.1) is 12.7 Å². The van der Waals surface area contributed by atoms with Crippen LogP contribution in [0.15, 0.2) is 0 Å². The molecule has 1 N–H and O–H groups in total. The van der Waals surface area contributed by atoms with Crippen LogP contribution in [0, 0.1) is 5.92 Å². The predicted molar refractivity (Wildman–Crippen MR) is 78.4 cm³/mol. The number of esters is 1. The van der Waals surface area contributed by atoms with E-state index in [-0.39, 0.29) is 5.92 Å². The molecular weight excluding hydrogens is 322 g/mol. The van der Waals surface area contributed by atoms with E-state index in [1.165, 1.54) is 18.4 Å². The molecular formula is C11H12ClN3O3S2. The Balaban J connectivity index is 2.29. The van der Waals surface area contributed by atoms with Crippen molar-refractivity contribution in [1.82, 2.24) is 14.9 Å². The molecule has 0 fully saturated rings. The van der Waals surface area contributed by atoms with Gasteiger partial charge >= 0.3 is 5.97 Å². The van der Waals surface area contributed by atoms with Crippen LogP contribution in [0.25, 0.3) is 9.53 Å². The monoisotopic (exact) mass is 333 g/mol. The van der Waals surface area contributed by atoms with E-state index in [0.717, 1.165) is 11.5 Å². The highest BCUT2D eigenvalue weighted by atomic mass is 35.5. The van der Waals surface area contributed by atoms with Crippen molar-refractivity contribution < 1.29 is 14.3 Å². The summed E-state index contributed by atoms with van der Waals surface area (Å²) in [5, 5.41) is 6.53. The Morgan fingerprint density at radius 1 is 1.40 bits per heavy atom. The molecule has 2 rings (SSSR count). The smallest absolute Gasteiger partial charge is 0.328 e. The lowest BCUT2D eigenvalue weighted by Crippen LogP contribution is -2.45. The molecule has 0 saturated heterocycles. The first-order valence-corrected chi connectivity index (χ1v) is 7.71. The van der Waals surface area contributed by atoms with Crippen LogP contribution in [0.2, 0.25) is 4.34 Å². The van der Waals surface area contributed by atoms with E-state index in [2.05, 4.69) is 19.6 Å². The number of methoxy groups -OCH3 is 1. The Kier molecular flexibility index (Phi) is 4.56. The number of hydrogen-bond donors (Lipinski definition) is 1. The molecule has 9 heteroatoms. The average Bonchev–Trinajstić information content (AvgIpc) is 2.93. The van der Waals surface area contributed by atoms with Gasteiger partial charge < -0.3 is 10.1 Å². The van der Waals surface area contributed by atoms with E-state index < -0.39 is 17.9 Å². The molecule has 2 aromatic heterocycles. The third kappa shape index (κ3) is 2.77. The number of nitrogens with one attached hydrogen (secondary N) is 1. The van der Waals surface area contributed by atoms with Gasteiger partial charge in [0.2, 0.25) is 0 Å². The van der Waals surface area contributed by atoms with Crippen LogP contribution in [0.1, 0.15) is 24.2 Å². The van der Waals surface area contributed by atoms with Crippen LogP contribution >= 0.6 is 34.5 Å². The van der Waals surface area contributed by atoms with E-state index in [1.807, 2.05) is 13.8 Å². The molecule has 1 atom stereocenters. The fraction of sp³-hybridized carbons (Fsp3) is 0.455. The Morgan fingerprint density at radius 3 is 2.70 bits per heavy atom. The van der Waals surface area contributed by atoms with Gasteiger partial charge in [0, 0.05) is 0 Å². The van der Waals surface area contributed by atoms with E-state index in [0.29, 0.717) is 19.4 Å². The number of aromatic nitrogens is 2. The van der Waals surface area contributed by atoms with Crippen molar-refractivity contribution in [2.24, 2.45) is 5.92 Å². The van der Waals surface area contributed by atoms with Gasteiger partial charge in [0.15, 0.2) is 4.83 Å². The number of carbonyl (C=O) groups is 2. The summed E-state index contributed by atoms with van der Waals surface area (Å²) in [6.07, 6.45) is 0. The molecule has 1 amide bonds. The third-order valence-electron chi connectivity index (χ3n) is 2.70. The van der Waals surface area contributed by atoms with Crippen molar-refractivity contribution in [3.8, 4) is 0 Å². The van der Waals surface area contributed by atoms with Crippen LogP contribution in [0.4, 0.5) is 0 Å². The maximum Gasteiger partial charge on any atom is 0.328 e. The summed E-state index contributed by atoms with van der Waals surface area (Å²) >= 11 is 8.35. The van der Waals surface area contributed by atoms with Gasteiger partial charge in [0.25, 0.3) is 5.91 Å². The van der Waals surface area contributed by atoms with Gasteiger partial charge in [0.1, 0.15) is 15.1 Å². The van der Waals surface area contributed by atoms with Crippen molar-refractivity contribution in [2.45, 2.75) is 19.9 Å². The first-order valence-electron chi connectivity index (χ1n) is 5.74. The zero-order valence-electron chi connectivity index (χ0n) is 11.0. The maximum absolute atomic E-state index is 12.3. The first-order chi connectivity index (χ1) is 9.45. The number of nitrogens with zero attached hydrogens (tertiary/aromatic N) is 2. The van der Waals surface area contributed by atoms with E-state index in [9.17, 15) is 9.59 Å². The van der Waals surface area contributed by atoms with Crippen LogP contribution < -0.4 is 5.32 Å². The first kappa shape index (κ1) is 15.1. The summed E-state index contributed by atoms with van der Waals surface area (Å²) in [4.78, 5) is 24.6. The predicted octanol–water partition coefficient (Wildman–Crippen LogP) is 2.33. The minimum absolute atomic E-state index is 0.0983. The second-order valence-electron chi connectivity index (χ2n) is 4.38. The number of rotatable bonds is 4. The molecule has 0 aromatic carbocycles. The van der Waals surface area contributed by atoms with Gasteiger partial charge in [-0.25, -0.2) is 4.79 Å². The molecule has 6 nitrogen and oxygen atoms in total. The molecule has 0 saturated carbocycles. The Hall–Kier alpha value is -1.25. The lowest BCUT2D eigenvalue weighted by atomic mass is 10.0. The van der Waals surface area contributed by atoms with Crippen molar-refractivity contribution in [3.63, 3.8) is 0 Å². The largest absolute Gasteiger partial charge is 0.467 e. The molecule has 108 valence electrons. The van der Waals surface area contributed by atoms with Crippen molar-refractivity contribution in [3.05, 3.63) is 9.90 Å². The number of thiophene rings is 1. The van der Waals surface area contributed by atoms with Crippen LogP contribution in [0.5, 0.6) is 0 Å². The number of ether oxygens (including phenoxy) is 1. The second-order valence-corrected chi connectivity index (χ2v) is 6.73. The molecule has 0 spiro atoms. The highest BCUT2D eigenvalue weighted by molar-refractivity contribution is 7.27. The lowest BCUT2D eigenvalue weighted by molar-refractivity contribution is -0.144. The van der Waals surface area contributed by atoms with Gasteiger partial charge in [-0.1, -0.05) is 41.3 Å². The minimum atomic E-state index is -0.723. The summed E-state index contributed by atoms with van der Waals surface area (Å²) in [5.74, 6) is -1.01. The summed E-state index contributed by atoms with van der Waals surface area (Å²) < 4.78 is 9.44. The zero-order valence-corrected chi connectivity index (χ0v) is 13.4. The molecule has 0 aliphatic heterocycles.